The van der Waals surface area contributed by atoms with E-state index in [4.69, 9.17) is 5.11 Å². The molecule has 1 heterocycles. The highest BCUT2D eigenvalue weighted by Gasteiger charge is 2.46. The van der Waals surface area contributed by atoms with Crippen molar-refractivity contribution >= 4 is 17.4 Å². The van der Waals surface area contributed by atoms with Gasteiger partial charge in [-0.2, -0.15) is 13.2 Å². The number of carboxylic acid groups (broad SMARTS) is 1. The summed E-state index contributed by atoms with van der Waals surface area (Å²) in [5.41, 5.74) is -1.90. The van der Waals surface area contributed by atoms with Gasteiger partial charge in [-0.3, -0.25) is 9.59 Å². The molecule has 0 radical (unpaired) electrons. The first-order valence-corrected chi connectivity index (χ1v) is 6.59. The molecule has 9 heteroatoms. The van der Waals surface area contributed by atoms with Crippen molar-refractivity contribution < 1.29 is 36.6 Å². The van der Waals surface area contributed by atoms with Gasteiger partial charge in [0.25, 0.3) is 5.92 Å². The van der Waals surface area contributed by atoms with E-state index >= 15 is 0 Å². The van der Waals surface area contributed by atoms with Crippen LogP contribution in [0.1, 0.15) is 28.8 Å². The van der Waals surface area contributed by atoms with Crippen LogP contribution in [0.5, 0.6) is 0 Å². The molecule has 0 spiro atoms. The normalized spacial score (nSPS) is 16.8. The molecule has 2 rings (SSSR count). The summed E-state index contributed by atoms with van der Waals surface area (Å²) >= 11 is 0. The minimum Gasteiger partial charge on any atom is -0.481 e. The van der Waals surface area contributed by atoms with Crippen LogP contribution in [-0.2, 0) is 11.0 Å². The molecule has 0 bridgehead atoms. The Labute approximate surface area is 127 Å². The smallest absolute Gasteiger partial charge is 0.418 e. The third kappa shape index (κ3) is 3.96. The topological polar surface area (TPSA) is 57.6 Å². The van der Waals surface area contributed by atoms with E-state index in [1.54, 1.807) is 0 Å². The predicted octanol–water partition coefficient (Wildman–Crippen LogP) is 3.21. The molecule has 0 amide bonds. The van der Waals surface area contributed by atoms with Crippen molar-refractivity contribution in [2.45, 2.75) is 24.9 Å². The number of carbonyl (C=O) groups is 2. The molecule has 1 fully saturated rings. The van der Waals surface area contributed by atoms with Gasteiger partial charge < -0.3 is 10.0 Å². The van der Waals surface area contributed by atoms with Crippen LogP contribution in [0.15, 0.2) is 18.2 Å². The number of halogens is 5. The molecule has 1 saturated heterocycles. The number of carboxylic acids is 1. The lowest BCUT2D eigenvalue weighted by atomic mass is 9.99. The summed E-state index contributed by atoms with van der Waals surface area (Å²) in [7, 11) is 0. The van der Waals surface area contributed by atoms with Gasteiger partial charge in [-0.15, -0.1) is 0 Å². The lowest BCUT2D eigenvalue weighted by molar-refractivity contribution is -0.138. The molecule has 1 aliphatic heterocycles. The van der Waals surface area contributed by atoms with Crippen molar-refractivity contribution in [3.8, 4) is 0 Å². The second kappa shape index (κ2) is 5.78. The van der Waals surface area contributed by atoms with E-state index in [0.29, 0.717) is 6.07 Å². The van der Waals surface area contributed by atoms with Crippen molar-refractivity contribution in [1.82, 2.24) is 0 Å². The number of aliphatic carboxylic acids is 1. The molecule has 23 heavy (non-hydrogen) atoms. The molecule has 4 nitrogen and oxygen atoms in total. The zero-order valence-corrected chi connectivity index (χ0v) is 11.7. The minimum atomic E-state index is -4.82. The lowest BCUT2D eigenvalue weighted by Crippen LogP contribution is -2.56. The second-order valence-electron chi connectivity index (χ2n) is 5.26. The fraction of sp³-hybridized carbons (Fsp3) is 0.429. The molecule has 1 aromatic rings. The van der Waals surface area contributed by atoms with Crippen LogP contribution in [0.3, 0.4) is 0 Å². The van der Waals surface area contributed by atoms with Crippen molar-refractivity contribution in [2.24, 2.45) is 0 Å². The number of hydrogen-bond acceptors (Lipinski definition) is 3. The second-order valence-corrected chi connectivity index (χ2v) is 5.26. The van der Waals surface area contributed by atoms with Crippen molar-refractivity contribution in [1.29, 1.82) is 0 Å². The molecular formula is C14H12F5NO3. The molecule has 1 aromatic carbocycles. The number of anilines is 1. The monoisotopic (exact) mass is 337 g/mol. The van der Waals surface area contributed by atoms with Crippen molar-refractivity contribution in [2.75, 3.05) is 18.0 Å². The summed E-state index contributed by atoms with van der Waals surface area (Å²) in [4.78, 5) is 23.0. The maximum Gasteiger partial charge on any atom is 0.418 e. The summed E-state index contributed by atoms with van der Waals surface area (Å²) in [6.07, 6.45) is -5.75. The molecule has 126 valence electrons. The Bertz CT molecular complexity index is 634. The average molecular weight is 337 g/mol. The van der Waals surface area contributed by atoms with E-state index in [1.165, 1.54) is 0 Å². The van der Waals surface area contributed by atoms with Crippen molar-refractivity contribution in [3.63, 3.8) is 0 Å². The van der Waals surface area contributed by atoms with Crippen LogP contribution < -0.4 is 4.90 Å². The predicted molar refractivity (Wildman–Crippen MR) is 69.8 cm³/mol. The van der Waals surface area contributed by atoms with Gasteiger partial charge in [-0.25, -0.2) is 8.78 Å². The Hall–Kier alpha value is -2.19. The van der Waals surface area contributed by atoms with Gasteiger partial charge in [0.15, 0.2) is 5.78 Å². The largest absolute Gasteiger partial charge is 0.481 e. The van der Waals surface area contributed by atoms with E-state index in [-0.39, 0.29) is 5.56 Å². The molecule has 1 N–H and O–H groups in total. The molecule has 0 saturated carbocycles. The third-order valence-corrected chi connectivity index (χ3v) is 3.37. The number of hydrogen-bond donors (Lipinski definition) is 1. The minimum absolute atomic E-state index is 0.297. The van der Waals surface area contributed by atoms with Gasteiger partial charge in [0.1, 0.15) is 0 Å². The Kier molecular flexibility index (Phi) is 4.32. The molecule has 0 aromatic heterocycles. The number of carbonyl (C=O) groups excluding carboxylic acids is 1. The van der Waals surface area contributed by atoms with Gasteiger partial charge in [0.05, 0.1) is 25.1 Å². The molecule has 0 unspecified atom stereocenters. The molecule has 0 aliphatic carbocycles. The lowest BCUT2D eigenvalue weighted by Gasteiger charge is -2.41. The molecular weight excluding hydrogens is 325 g/mol. The number of Topliss-reactive ketones (excluding diaryl/α,β-unsaturated/α-hetero) is 1. The van der Waals surface area contributed by atoms with E-state index in [1.807, 2.05) is 0 Å². The first kappa shape index (κ1) is 17.2. The maximum absolute atomic E-state index is 13.1. The van der Waals surface area contributed by atoms with Gasteiger partial charge in [-0.1, -0.05) is 0 Å². The number of rotatable bonds is 5. The first-order chi connectivity index (χ1) is 10.5. The highest BCUT2D eigenvalue weighted by Crippen LogP contribution is 2.41. The van der Waals surface area contributed by atoms with E-state index in [9.17, 15) is 31.5 Å². The zero-order chi connectivity index (χ0) is 17.4. The molecule has 0 atom stereocenters. The summed E-state index contributed by atoms with van der Waals surface area (Å²) in [5.74, 6) is -5.02. The van der Waals surface area contributed by atoms with Crippen LogP contribution in [0.4, 0.5) is 27.6 Å². The van der Waals surface area contributed by atoms with Gasteiger partial charge in [0, 0.05) is 17.7 Å². The zero-order valence-electron chi connectivity index (χ0n) is 11.7. The van der Waals surface area contributed by atoms with Gasteiger partial charge in [0.2, 0.25) is 0 Å². The van der Waals surface area contributed by atoms with Crippen LogP contribution in [-0.4, -0.2) is 35.9 Å². The Balaban J connectivity index is 2.28. The van der Waals surface area contributed by atoms with Crippen LogP contribution >= 0.6 is 0 Å². The van der Waals surface area contributed by atoms with Crippen molar-refractivity contribution in [3.05, 3.63) is 29.3 Å². The van der Waals surface area contributed by atoms with Crippen LogP contribution in [0.25, 0.3) is 0 Å². The SMILES string of the molecule is O=C(O)CCC(=O)c1ccc(N2CC(F)(F)C2)c(C(F)(F)F)c1. The maximum atomic E-state index is 13.1. The van der Waals surface area contributed by atoms with E-state index in [0.717, 1.165) is 17.0 Å². The third-order valence-electron chi connectivity index (χ3n) is 3.37. The Morgan fingerprint density at radius 2 is 1.78 bits per heavy atom. The Morgan fingerprint density at radius 1 is 1.17 bits per heavy atom. The summed E-state index contributed by atoms with van der Waals surface area (Å²) in [6.45, 7) is -1.63. The Morgan fingerprint density at radius 3 is 2.26 bits per heavy atom. The average Bonchev–Trinajstić information content (AvgIpc) is 2.40. The fourth-order valence-electron chi connectivity index (χ4n) is 2.26. The quantitative estimate of drug-likeness (QED) is 0.662. The standard InChI is InChI=1S/C14H12F5NO3/c15-13(16)6-20(7-13)10-2-1-8(5-9(10)14(17,18)19)11(21)3-4-12(22)23/h1-2,5H,3-4,6-7H2,(H,22,23). The summed E-state index contributed by atoms with van der Waals surface area (Å²) in [6, 6.07) is 2.63. The number of nitrogens with zero attached hydrogens (tertiary/aromatic N) is 1. The van der Waals surface area contributed by atoms with E-state index in [2.05, 4.69) is 0 Å². The highest BCUT2D eigenvalue weighted by molar-refractivity contribution is 5.98. The first-order valence-electron chi connectivity index (χ1n) is 6.59. The summed E-state index contributed by atoms with van der Waals surface area (Å²) in [5, 5.41) is 8.49. The van der Waals surface area contributed by atoms with Crippen LogP contribution in [0, 0.1) is 0 Å². The summed E-state index contributed by atoms with van der Waals surface area (Å²) < 4.78 is 65.0. The highest BCUT2D eigenvalue weighted by atomic mass is 19.4. The van der Waals surface area contributed by atoms with Gasteiger partial charge in [-0.05, 0) is 18.2 Å². The van der Waals surface area contributed by atoms with Crippen LogP contribution in [0.2, 0.25) is 0 Å². The number of ketones is 1. The van der Waals surface area contributed by atoms with E-state index < -0.39 is 61.0 Å². The fourth-order valence-corrected chi connectivity index (χ4v) is 2.26. The number of benzene rings is 1. The van der Waals surface area contributed by atoms with Gasteiger partial charge >= 0.3 is 12.1 Å². The molecule has 1 aliphatic rings. The number of alkyl halides is 5.